The van der Waals surface area contributed by atoms with E-state index in [9.17, 15) is 0 Å². The lowest BCUT2D eigenvalue weighted by atomic mass is 9.73. The lowest BCUT2D eigenvalue weighted by Gasteiger charge is -2.32. The molecule has 130 valence electrons. The molecule has 3 heteroatoms. The average molecular weight is 359 g/mol. The molecule has 1 heterocycles. The summed E-state index contributed by atoms with van der Waals surface area (Å²) in [5.41, 5.74) is 7.13. The van der Waals surface area contributed by atoms with E-state index in [-0.39, 0.29) is 5.41 Å². The highest BCUT2D eigenvalue weighted by Gasteiger charge is 2.28. The fourth-order valence-corrected chi connectivity index (χ4v) is 4.16. The number of thiophene rings is 1. The summed E-state index contributed by atoms with van der Waals surface area (Å²) in [6.07, 6.45) is 3.42. The third-order valence-electron chi connectivity index (χ3n) is 4.94. The molecule has 0 saturated carbocycles. The zero-order valence-corrected chi connectivity index (χ0v) is 16.2. The summed E-state index contributed by atoms with van der Waals surface area (Å²) < 4.78 is 0. The van der Waals surface area contributed by atoms with E-state index < -0.39 is 0 Å². The van der Waals surface area contributed by atoms with E-state index in [1.807, 2.05) is 12.1 Å². The van der Waals surface area contributed by atoms with E-state index in [0.29, 0.717) is 0 Å². The molecule has 0 unspecified atom stereocenters. The number of fused-ring (bicyclic) bond motifs is 1. The molecular formula is C23H22N2S. The maximum Gasteiger partial charge on any atom is 0.0863 e. The van der Waals surface area contributed by atoms with Crippen molar-refractivity contribution in [3.05, 3.63) is 87.6 Å². The molecule has 0 aliphatic heterocycles. The van der Waals surface area contributed by atoms with Crippen LogP contribution in [0.3, 0.4) is 0 Å². The van der Waals surface area contributed by atoms with E-state index in [4.69, 9.17) is 0 Å². The van der Waals surface area contributed by atoms with Gasteiger partial charge in [0.2, 0.25) is 0 Å². The van der Waals surface area contributed by atoms with Gasteiger partial charge in [-0.25, -0.2) is 0 Å². The van der Waals surface area contributed by atoms with Gasteiger partial charge in [0.1, 0.15) is 0 Å². The Morgan fingerprint density at radius 2 is 1.65 bits per heavy atom. The molecule has 1 aliphatic rings. The fourth-order valence-electron chi connectivity index (χ4n) is 3.38. The van der Waals surface area contributed by atoms with Crippen molar-refractivity contribution in [2.45, 2.75) is 32.6 Å². The van der Waals surface area contributed by atoms with Crippen LogP contribution in [0.15, 0.2) is 76.3 Å². The second-order valence-electron chi connectivity index (χ2n) is 7.45. The third-order valence-corrected chi connectivity index (χ3v) is 5.84. The van der Waals surface area contributed by atoms with Crippen molar-refractivity contribution >= 4 is 28.3 Å². The van der Waals surface area contributed by atoms with Gasteiger partial charge >= 0.3 is 0 Å². The highest BCUT2D eigenvalue weighted by molar-refractivity contribution is 7.11. The highest BCUT2D eigenvalue weighted by Crippen LogP contribution is 2.43. The molecule has 4 rings (SSSR count). The summed E-state index contributed by atoms with van der Waals surface area (Å²) in [5, 5.41) is 11.0. The summed E-state index contributed by atoms with van der Waals surface area (Å²) >= 11 is 1.79. The van der Waals surface area contributed by atoms with Crippen LogP contribution in [-0.2, 0) is 5.41 Å². The Morgan fingerprint density at radius 3 is 2.38 bits per heavy atom. The predicted octanol–water partition coefficient (Wildman–Crippen LogP) is 7.58. The zero-order valence-electron chi connectivity index (χ0n) is 15.4. The number of aryl methyl sites for hydroxylation is 1. The predicted molar refractivity (Wildman–Crippen MR) is 111 cm³/mol. The number of nitrogens with zero attached hydrogens (tertiary/aromatic N) is 2. The summed E-state index contributed by atoms with van der Waals surface area (Å²) in [6.45, 7) is 6.69. The lowest BCUT2D eigenvalue weighted by molar-refractivity contribution is 0.527. The average Bonchev–Trinajstić information content (AvgIpc) is 3.15. The van der Waals surface area contributed by atoms with Crippen molar-refractivity contribution in [1.82, 2.24) is 0 Å². The first-order valence-corrected chi connectivity index (χ1v) is 9.78. The Hall–Kier alpha value is -2.52. The minimum absolute atomic E-state index is 0.142. The SMILES string of the molecule is Cc1ccc(N=Nc2ccc3c(c2)C(c2cccs2)=CCC3(C)C)cc1. The molecule has 1 aromatic heterocycles. The normalized spacial score (nSPS) is 15.7. The largest absolute Gasteiger partial charge is 0.151 e. The van der Waals surface area contributed by atoms with Crippen molar-refractivity contribution in [2.24, 2.45) is 10.2 Å². The van der Waals surface area contributed by atoms with Crippen molar-refractivity contribution in [3.8, 4) is 0 Å². The Balaban J connectivity index is 1.73. The Morgan fingerprint density at radius 1 is 0.923 bits per heavy atom. The van der Waals surface area contributed by atoms with E-state index in [2.05, 4.69) is 84.9 Å². The van der Waals surface area contributed by atoms with Crippen LogP contribution in [0.1, 0.15) is 41.8 Å². The summed E-state index contributed by atoms with van der Waals surface area (Å²) in [6, 6.07) is 18.9. The van der Waals surface area contributed by atoms with Gasteiger partial charge in [-0.2, -0.15) is 10.2 Å². The molecule has 0 saturated heterocycles. The van der Waals surface area contributed by atoms with Gasteiger partial charge in [0.25, 0.3) is 0 Å². The molecule has 3 aromatic rings. The molecular weight excluding hydrogens is 336 g/mol. The molecule has 0 atom stereocenters. The van der Waals surface area contributed by atoms with Crippen LogP contribution in [0.2, 0.25) is 0 Å². The summed E-state index contributed by atoms with van der Waals surface area (Å²) in [5.74, 6) is 0. The maximum atomic E-state index is 4.48. The number of allylic oxidation sites excluding steroid dienone is 1. The van der Waals surface area contributed by atoms with Gasteiger partial charge in [-0.3, -0.25) is 0 Å². The first-order valence-electron chi connectivity index (χ1n) is 8.90. The van der Waals surface area contributed by atoms with Crippen molar-refractivity contribution in [3.63, 3.8) is 0 Å². The van der Waals surface area contributed by atoms with Crippen molar-refractivity contribution in [1.29, 1.82) is 0 Å². The number of hydrogen-bond donors (Lipinski definition) is 0. The smallest absolute Gasteiger partial charge is 0.0863 e. The van der Waals surface area contributed by atoms with E-state index in [1.165, 1.54) is 27.1 Å². The molecule has 2 aromatic carbocycles. The fraction of sp³-hybridized carbons (Fsp3) is 0.217. The van der Waals surface area contributed by atoms with Gasteiger partial charge in [0.15, 0.2) is 0 Å². The highest BCUT2D eigenvalue weighted by atomic mass is 32.1. The number of rotatable bonds is 3. The maximum absolute atomic E-state index is 4.48. The van der Waals surface area contributed by atoms with Gasteiger partial charge in [-0.1, -0.05) is 49.8 Å². The second-order valence-corrected chi connectivity index (χ2v) is 8.40. The van der Waals surface area contributed by atoms with E-state index in [0.717, 1.165) is 17.8 Å². The molecule has 0 amide bonds. The van der Waals surface area contributed by atoms with Gasteiger partial charge in [0, 0.05) is 4.88 Å². The van der Waals surface area contributed by atoms with Gasteiger partial charge in [0.05, 0.1) is 11.4 Å². The quantitative estimate of drug-likeness (QED) is 0.431. The van der Waals surface area contributed by atoms with Crippen molar-refractivity contribution in [2.75, 3.05) is 0 Å². The molecule has 26 heavy (non-hydrogen) atoms. The molecule has 0 fully saturated rings. The minimum atomic E-state index is 0.142. The molecule has 0 spiro atoms. The van der Waals surface area contributed by atoms with Crippen LogP contribution >= 0.6 is 11.3 Å². The molecule has 0 radical (unpaired) electrons. The van der Waals surface area contributed by atoms with Crippen LogP contribution in [-0.4, -0.2) is 0 Å². The number of benzene rings is 2. The summed E-state index contributed by atoms with van der Waals surface area (Å²) in [7, 11) is 0. The van der Waals surface area contributed by atoms with Gasteiger partial charge in [-0.05, 0) is 71.2 Å². The first kappa shape index (κ1) is 16.9. The third kappa shape index (κ3) is 3.27. The van der Waals surface area contributed by atoms with Crippen LogP contribution in [0.4, 0.5) is 11.4 Å². The minimum Gasteiger partial charge on any atom is -0.151 e. The molecule has 0 bridgehead atoms. The van der Waals surface area contributed by atoms with Crippen LogP contribution in [0.5, 0.6) is 0 Å². The molecule has 0 N–H and O–H groups in total. The van der Waals surface area contributed by atoms with E-state index in [1.54, 1.807) is 11.3 Å². The Labute approximate surface area is 158 Å². The number of hydrogen-bond acceptors (Lipinski definition) is 3. The van der Waals surface area contributed by atoms with Crippen LogP contribution < -0.4 is 0 Å². The Kier molecular flexibility index (Phi) is 4.33. The zero-order chi connectivity index (χ0) is 18.1. The van der Waals surface area contributed by atoms with Crippen LogP contribution in [0, 0.1) is 6.92 Å². The molecule has 1 aliphatic carbocycles. The number of azo groups is 1. The monoisotopic (exact) mass is 358 g/mol. The standard InChI is InChI=1S/C23H22N2S/c1-16-6-8-17(9-7-16)24-25-18-10-11-21-20(15-18)19(12-13-23(21,2)3)22-5-4-14-26-22/h4-12,14-15H,13H2,1-3H3. The van der Waals surface area contributed by atoms with Gasteiger partial charge in [-0.15, -0.1) is 11.3 Å². The first-order chi connectivity index (χ1) is 12.5. The van der Waals surface area contributed by atoms with Gasteiger partial charge < -0.3 is 0 Å². The topological polar surface area (TPSA) is 24.7 Å². The lowest BCUT2D eigenvalue weighted by Crippen LogP contribution is -2.21. The second kappa shape index (κ2) is 6.65. The Bertz CT molecular complexity index is 978. The molecule has 2 nitrogen and oxygen atoms in total. The van der Waals surface area contributed by atoms with Crippen LogP contribution in [0.25, 0.3) is 5.57 Å². The van der Waals surface area contributed by atoms with Crippen molar-refractivity contribution < 1.29 is 0 Å². The van der Waals surface area contributed by atoms with E-state index >= 15 is 0 Å². The summed E-state index contributed by atoms with van der Waals surface area (Å²) in [4.78, 5) is 1.31.